The van der Waals surface area contributed by atoms with Crippen LogP contribution in [0.3, 0.4) is 0 Å². The predicted octanol–water partition coefficient (Wildman–Crippen LogP) is 3.52. The molecule has 0 atom stereocenters. The Morgan fingerprint density at radius 3 is 2.71 bits per heavy atom. The second-order valence-electron chi connectivity index (χ2n) is 5.32. The first-order valence-electron chi connectivity index (χ1n) is 7.73. The highest BCUT2D eigenvalue weighted by molar-refractivity contribution is 7.18. The highest BCUT2D eigenvalue weighted by Crippen LogP contribution is 2.22. The van der Waals surface area contributed by atoms with Crippen LogP contribution in [-0.2, 0) is 6.54 Å². The molecule has 2 aromatic carbocycles. The minimum absolute atomic E-state index is 0.133. The van der Waals surface area contributed by atoms with Crippen molar-refractivity contribution < 1.29 is 9.53 Å². The van der Waals surface area contributed by atoms with Crippen molar-refractivity contribution in [2.24, 2.45) is 0 Å². The first-order chi connectivity index (χ1) is 11.7. The van der Waals surface area contributed by atoms with Gasteiger partial charge in [-0.3, -0.25) is 0 Å². The molecule has 0 aliphatic carbocycles. The summed E-state index contributed by atoms with van der Waals surface area (Å²) in [6.45, 7) is 1.38. The van der Waals surface area contributed by atoms with E-state index in [1.807, 2.05) is 54.6 Å². The largest absolute Gasteiger partial charge is 0.492 e. The van der Waals surface area contributed by atoms with E-state index in [1.54, 1.807) is 23.3 Å². The molecule has 0 saturated heterocycles. The molecule has 2 amide bonds. The van der Waals surface area contributed by atoms with Crippen LogP contribution in [0.5, 0.6) is 5.75 Å². The molecule has 0 unspecified atom stereocenters. The normalized spacial score (nSPS) is 10.5. The van der Waals surface area contributed by atoms with Crippen molar-refractivity contribution in [2.45, 2.75) is 6.54 Å². The van der Waals surface area contributed by atoms with Crippen molar-refractivity contribution in [1.29, 1.82) is 0 Å². The molecule has 3 rings (SSSR count). The molecule has 1 aromatic heterocycles. The van der Waals surface area contributed by atoms with Crippen LogP contribution in [0.2, 0.25) is 0 Å². The minimum atomic E-state index is -0.133. The van der Waals surface area contributed by atoms with E-state index >= 15 is 0 Å². The van der Waals surface area contributed by atoms with Crippen LogP contribution in [0.4, 0.5) is 4.79 Å². The summed E-state index contributed by atoms with van der Waals surface area (Å²) < 4.78 is 6.69. The number of amides is 2. The first kappa shape index (κ1) is 16.3. The van der Waals surface area contributed by atoms with E-state index in [9.17, 15) is 4.79 Å². The third-order valence-electron chi connectivity index (χ3n) is 3.45. The maximum Gasteiger partial charge on any atom is 0.317 e. The summed E-state index contributed by atoms with van der Waals surface area (Å²) in [5.74, 6) is 0.801. The maximum absolute atomic E-state index is 12.1. The number of para-hydroxylation sites is 2. The van der Waals surface area contributed by atoms with Crippen molar-refractivity contribution in [1.82, 2.24) is 15.2 Å². The van der Waals surface area contributed by atoms with Gasteiger partial charge in [0.05, 0.1) is 23.3 Å². The monoisotopic (exact) mass is 341 g/mol. The second kappa shape index (κ2) is 7.79. The zero-order valence-electron chi connectivity index (χ0n) is 13.4. The highest BCUT2D eigenvalue weighted by atomic mass is 32.1. The van der Waals surface area contributed by atoms with Crippen LogP contribution in [0.25, 0.3) is 10.2 Å². The van der Waals surface area contributed by atoms with Crippen molar-refractivity contribution in [3.05, 3.63) is 59.6 Å². The van der Waals surface area contributed by atoms with Gasteiger partial charge < -0.3 is 15.0 Å². The number of nitrogens with one attached hydrogen (secondary N) is 1. The first-order valence-corrected chi connectivity index (χ1v) is 8.55. The Kier molecular flexibility index (Phi) is 5.28. The Balaban J connectivity index is 1.44. The van der Waals surface area contributed by atoms with E-state index in [0.717, 1.165) is 21.0 Å². The number of nitrogens with zero attached hydrogens (tertiary/aromatic N) is 2. The molecule has 1 N–H and O–H groups in total. The fraction of sp³-hybridized carbons (Fsp3) is 0.222. The van der Waals surface area contributed by atoms with E-state index in [0.29, 0.717) is 19.7 Å². The maximum atomic E-state index is 12.1. The zero-order valence-corrected chi connectivity index (χ0v) is 14.3. The topological polar surface area (TPSA) is 54.5 Å². The summed E-state index contributed by atoms with van der Waals surface area (Å²) in [6.07, 6.45) is 0. The lowest BCUT2D eigenvalue weighted by molar-refractivity contribution is 0.203. The third-order valence-corrected chi connectivity index (χ3v) is 4.47. The van der Waals surface area contributed by atoms with Crippen LogP contribution in [0.15, 0.2) is 54.6 Å². The van der Waals surface area contributed by atoms with Crippen molar-refractivity contribution in [3.63, 3.8) is 0 Å². The Morgan fingerprint density at radius 2 is 1.92 bits per heavy atom. The molecule has 0 radical (unpaired) electrons. The number of ether oxygens (including phenoxy) is 1. The summed E-state index contributed by atoms with van der Waals surface area (Å²) >= 11 is 1.61. The number of benzene rings is 2. The van der Waals surface area contributed by atoms with E-state index in [-0.39, 0.29) is 6.03 Å². The van der Waals surface area contributed by atoms with Gasteiger partial charge in [0.15, 0.2) is 0 Å². The van der Waals surface area contributed by atoms with Crippen LogP contribution in [-0.4, -0.2) is 36.1 Å². The number of aromatic nitrogens is 1. The smallest absolute Gasteiger partial charge is 0.317 e. The van der Waals surface area contributed by atoms with Gasteiger partial charge >= 0.3 is 6.03 Å². The number of carbonyl (C=O) groups excluding carboxylic acids is 1. The van der Waals surface area contributed by atoms with Gasteiger partial charge in [-0.2, -0.15) is 0 Å². The van der Waals surface area contributed by atoms with Crippen LogP contribution in [0, 0.1) is 0 Å². The lowest BCUT2D eigenvalue weighted by Crippen LogP contribution is -2.38. The lowest BCUT2D eigenvalue weighted by atomic mass is 10.3. The fourth-order valence-electron chi connectivity index (χ4n) is 2.24. The van der Waals surface area contributed by atoms with E-state index in [4.69, 9.17) is 4.74 Å². The molecule has 5 nitrogen and oxygen atoms in total. The van der Waals surface area contributed by atoms with Gasteiger partial charge in [-0.25, -0.2) is 9.78 Å². The lowest BCUT2D eigenvalue weighted by Gasteiger charge is -2.16. The molecule has 0 saturated carbocycles. The fourth-order valence-corrected chi connectivity index (χ4v) is 3.26. The number of urea groups is 1. The molecule has 0 aliphatic rings. The molecule has 1 heterocycles. The summed E-state index contributed by atoms with van der Waals surface area (Å²) in [5, 5.41) is 3.77. The summed E-state index contributed by atoms with van der Waals surface area (Å²) in [6, 6.07) is 17.4. The number of hydrogen-bond donors (Lipinski definition) is 1. The minimum Gasteiger partial charge on any atom is -0.492 e. The highest BCUT2D eigenvalue weighted by Gasteiger charge is 2.11. The molecular weight excluding hydrogens is 322 g/mol. The van der Waals surface area contributed by atoms with Crippen LogP contribution < -0.4 is 10.1 Å². The number of thiazole rings is 1. The molecule has 6 heteroatoms. The van der Waals surface area contributed by atoms with E-state index < -0.39 is 0 Å². The van der Waals surface area contributed by atoms with Gasteiger partial charge in [0.2, 0.25) is 0 Å². The van der Waals surface area contributed by atoms with Gasteiger partial charge in [0.25, 0.3) is 0 Å². The van der Waals surface area contributed by atoms with Gasteiger partial charge in [-0.15, -0.1) is 11.3 Å². The Hall–Kier alpha value is -2.60. The number of rotatable bonds is 6. The molecule has 124 valence electrons. The molecule has 0 bridgehead atoms. The van der Waals surface area contributed by atoms with Gasteiger partial charge in [-0.05, 0) is 24.3 Å². The van der Waals surface area contributed by atoms with Gasteiger partial charge in [0, 0.05) is 7.05 Å². The van der Waals surface area contributed by atoms with Crippen LogP contribution in [0.1, 0.15) is 5.01 Å². The third kappa shape index (κ3) is 4.23. The summed E-state index contributed by atoms with van der Waals surface area (Å²) in [5.41, 5.74) is 0.975. The summed E-state index contributed by atoms with van der Waals surface area (Å²) in [7, 11) is 1.76. The average molecular weight is 341 g/mol. The molecule has 24 heavy (non-hydrogen) atoms. The molecule has 0 spiro atoms. The summed E-state index contributed by atoms with van der Waals surface area (Å²) in [4.78, 5) is 18.3. The standard InChI is InChI=1S/C18H19N3O2S/c1-21(13-17-20-15-9-5-6-10-16(15)24-17)18(22)19-11-12-23-14-7-3-2-4-8-14/h2-10H,11-13H2,1H3,(H,19,22). The number of hydrogen-bond acceptors (Lipinski definition) is 4. The zero-order chi connectivity index (χ0) is 16.8. The van der Waals surface area contributed by atoms with Crippen molar-refractivity contribution in [2.75, 3.05) is 20.2 Å². The van der Waals surface area contributed by atoms with Crippen molar-refractivity contribution >= 4 is 27.6 Å². The number of fused-ring (bicyclic) bond motifs is 1. The quantitative estimate of drug-likeness (QED) is 0.698. The number of carbonyl (C=O) groups is 1. The average Bonchev–Trinajstić information content (AvgIpc) is 3.01. The van der Waals surface area contributed by atoms with Gasteiger partial charge in [-0.1, -0.05) is 30.3 Å². The van der Waals surface area contributed by atoms with E-state index in [2.05, 4.69) is 10.3 Å². The molecule has 0 fully saturated rings. The van der Waals surface area contributed by atoms with Gasteiger partial charge in [0.1, 0.15) is 17.4 Å². The Bertz CT molecular complexity index is 771. The van der Waals surface area contributed by atoms with Crippen LogP contribution >= 0.6 is 11.3 Å². The van der Waals surface area contributed by atoms with E-state index in [1.165, 1.54) is 0 Å². The molecule has 3 aromatic rings. The van der Waals surface area contributed by atoms with Crippen molar-refractivity contribution in [3.8, 4) is 5.75 Å². The molecular formula is C18H19N3O2S. The molecule has 0 aliphatic heterocycles. The second-order valence-corrected chi connectivity index (χ2v) is 6.44. The predicted molar refractivity (Wildman–Crippen MR) is 96.4 cm³/mol. The SMILES string of the molecule is CN(Cc1nc2ccccc2s1)C(=O)NCCOc1ccccc1. The Labute approximate surface area is 144 Å². The Morgan fingerprint density at radius 1 is 1.17 bits per heavy atom.